The molecule has 21 heavy (non-hydrogen) atoms. The summed E-state index contributed by atoms with van der Waals surface area (Å²) in [6.45, 7) is 1.98. The molecule has 1 aromatic carbocycles. The van der Waals surface area contributed by atoms with Crippen LogP contribution in [0.25, 0.3) is 0 Å². The van der Waals surface area contributed by atoms with Crippen molar-refractivity contribution in [3.05, 3.63) is 42.0 Å². The van der Waals surface area contributed by atoms with Crippen molar-refractivity contribution in [1.82, 2.24) is 15.3 Å². The quantitative estimate of drug-likeness (QED) is 0.855. The van der Waals surface area contributed by atoms with Crippen molar-refractivity contribution >= 4 is 5.91 Å². The molecule has 2 rings (SSSR count). The van der Waals surface area contributed by atoms with Crippen LogP contribution in [0.5, 0.6) is 11.5 Å². The third-order valence-corrected chi connectivity index (χ3v) is 3.21. The molecular formula is C15H19N3O3. The topological polar surface area (TPSA) is 76.2 Å². The molecule has 0 bridgehead atoms. The van der Waals surface area contributed by atoms with Crippen molar-refractivity contribution in [1.29, 1.82) is 0 Å². The number of hydrogen-bond donors (Lipinski definition) is 2. The molecule has 0 fully saturated rings. The van der Waals surface area contributed by atoms with Crippen LogP contribution in [0.4, 0.5) is 0 Å². The minimum absolute atomic E-state index is 0.177. The Hall–Kier alpha value is -2.50. The molecule has 2 aromatic rings. The van der Waals surface area contributed by atoms with Crippen LogP contribution in [0.2, 0.25) is 0 Å². The van der Waals surface area contributed by atoms with Gasteiger partial charge in [-0.15, -0.1) is 0 Å². The highest BCUT2D eigenvalue weighted by Crippen LogP contribution is 2.24. The van der Waals surface area contributed by atoms with E-state index in [1.807, 2.05) is 6.92 Å². The predicted octanol–water partition coefficient (Wildman–Crippen LogP) is 2.31. The van der Waals surface area contributed by atoms with Crippen LogP contribution < -0.4 is 14.8 Å². The molecule has 1 atom stereocenters. The Labute approximate surface area is 123 Å². The first-order chi connectivity index (χ1) is 10.2. The zero-order valence-corrected chi connectivity index (χ0v) is 12.3. The average Bonchev–Trinajstić information content (AvgIpc) is 3.05. The van der Waals surface area contributed by atoms with Crippen LogP contribution in [-0.2, 0) is 0 Å². The highest BCUT2D eigenvalue weighted by Gasteiger charge is 2.19. The first kappa shape index (κ1) is 14.9. The third-order valence-electron chi connectivity index (χ3n) is 3.21. The summed E-state index contributed by atoms with van der Waals surface area (Å²) < 4.78 is 10.4. The molecule has 0 aliphatic carbocycles. The van der Waals surface area contributed by atoms with E-state index in [1.54, 1.807) is 37.7 Å². The fraction of sp³-hybridized carbons (Fsp3) is 0.333. The summed E-state index contributed by atoms with van der Waals surface area (Å²) in [5.41, 5.74) is 0.432. The molecule has 112 valence electrons. The summed E-state index contributed by atoms with van der Waals surface area (Å²) in [7, 11) is 3.09. The average molecular weight is 289 g/mol. The smallest absolute Gasteiger partial charge is 0.255 e. The Bertz CT molecular complexity index is 596. The molecule has 2 N–H and O–H groups in total. The van der Waals surface area contributed by atoms with Crippen molar-refractivity contribution in [3.63, 3.8) is 0 Å². The van der Waals surface area contributed by atoms with Crippen molar-refractivity contribution in [3.8, 4) is 11.5 Å². The number of nitrogens with zero attached hydrogens (tertiary/aromatic N) is 1. The fourth-order valence-electron chi connectivity index (χ4n) is 2.06. The van der Waals surface area contributed by atoms with Crippen molar-refractivity contribution < 1.29 is 14.3 Å². The number of carbonyl (C=O) groups is 1. The minimum atomic E-state index is -0.228. The first-order valence-corrected chi connectivity index (χ1v) is 6.71. The van der Waals surface area contributed by atoms with Crippen LogP contribution in [-0.4, -0.2) is 30.1 Å². The fourth-order valence-corrected chi connectivity index (χ4v) is 2.06. The summed E-state index contributed by atoms with van der Waals surface area (Å²) in [5.74, 6) is 1.61. The van der Waals surface area contributed by atoms with E-state index in [2.05, 4.69) is 15.3 Å². The summed E-state index contributed by atoms with van der Waals surface area (Å²) in [4.78, 5) is 19.7. The second-order valence-corrected chi connectivity index (χ2v) is 4.47. The van der Waals surface area contributed by atoms with Gasteiger partial charge in [0.1, 0.15) is 17.3 Å². The molecule has 0 saturated carbocycles. The van der Waals surface area contributed by atoms with Crippen LogP contribution >= 0.6 is 0 Å². The van der Waals surface area contributed by atoms with Crippen LogP contribution in [0, 0.1) is 0 Å². The molecule has 1 unspecified atom stereocenters. The lowest BCUT2D eigenvalue weighted by atomic mass is 10.1. The second-order valence-electron chi connectivity index (χ2n) is 4.47. The van der Waals surface area contributed by atoms with Crippen LogP contribution in [0.1, 0.15) is 35.6 Å². The van der Waals surface area contributed by atoms with Gasteiger partial charge in [0, 0.05) is 12.4 Å². The van der Waals surface area contributed by atoms with Crippen LogP contribution in [0.15, 0.2) is 30.6 Å². The molecule has 0 aliphatic heterocycles. The van der Waals surface area contributed by atoms with Gasteiger partial charge in [-0.1, -0.05) is 6.92 Å². The lowest BCUT2D eigenvalue weighted by molar-refractivity contribution is 0.0930. The number of H-pyrrole nitrogens is 1. The van der Waals surface area contributed by atoms with E-state index < -0.39 is 0 Å². The van der Waals surface area contributed by atoms with Crippen molar-refractivity contribution in [2.45, 2.75) is 19.4 Å². The lowest BCUT2D eigenvalue weighted by Gasteiger charge is -2.16. The highest BCUT2D eigenvalue weighted by atomic mass is 16.5. The summed E-state index contributed by atoms with van der Waals surface area (Å²) >= 11 is 0. The predicted molar refractivity (Wildman–Crippen MR) is 78.6 cm³/mol. The number of hydrogen-bond acceptors (Lipinski definition) is 4. The zero-order chi connectivity index (χ0) is 15.2. The lowest BCUT2D eigenvalue weighted by Crippen LogP contribution is -2.29. The third kappa shape index (κ3) is 3.34. The molecule has 6 nitrogen and oxygen atoms in total. The normalized spacial score (nSPS) is 11.8. The van der Waals surface area contributed by atoms with E-state index in [9.17, 15) is 4.79 Å². The number of aromatic nitrogens is 2. The molecule has 1 heterocycles. The monoisotopic (exact) mass is 289 g/mol. The number of aromatic amines is 1. The van der Waals surface area contributed by atoms with Gasteiger partial charge in [-0.05, 0) is 24.6 Å². The number of imidazole rings is 1. The van der Waals surface area contributed by atoms with Crippen molar-refractivity contribution in [2.24, 2.45) is 0 Å². The number of carbonyl (C=O) groups excluding carboxylic acids is 1. The summed E-state index contributed by atoms with van der Waals surface area (Å²) in [6.07, 6.45) is 4.12. The highest BCUT2D eigenvalue weighted by molar-refractivity contribution is 5.97. The van der Waals surface area contributed by atoms with E-state index >= 15 is 0 Å². The van der Waals surface area contributed by atoms with Gasteiger partial charge in [0.25, 0.3) is 5.91 Å². The molecule has 6 heteroatoms. The Kier molecular flexibility index (Phi) is 4.81. The number of nitrogens with one attached hydrogen (secondary N) is 2. The molecular weight excluding hydrogens is 270 g/mol. The van der Waals surface area contributed by atoms with E-state index in [0.29, 0.717) is 17.1 Å². The maximum absolute atomic E-state index is 12.5. The summed E-state index contributed by atoms with van der Waals surface area (Å²) in [5, 5.41) is 2.94. The number of amides is 1. The molecule has 0 saturated heterocycles. The zero-order valence-electron chi connectivity index (χ0n) is 12.3. The van der Waals surface area contributed by atoms with Gasteiger partial charge in [-0.25, -0.2) is 4.98 Å². The standard InChI is InChI=1S/C15H19N3O3/c1-4-12(14-16-7-8-17-14)18-15(19)11-9-10(20-2)5-6-13(11)21-3/h5-9,12H,4H2,1-3H3,(H,16,17)(H,18,19). The van der Waals surface area contributed by atoms with E-state index in [-0.39, 0.29) is 11.9 Å². The summed E-state index contributed by atoms with van der Waals surface area (Å²) in [6, 6.07) is 4.94. The Balaban J connectivity index is 2.23. The maximum Gasteiger partial charge on any atom is 0.255 e. The molecule has 0 spiro atoms. The SMILES string of the molecule is CCC(NC(=O)c1cc(OC)ccc1OC)c1ncc[nH]1. The van der Waals surface area contributed by atoms with Gasteiger partial charge in [-0.2, -0.15) is 0 Å². The Morgan fingerprint density at radius 3 is 2.76 bits per heavy atom. The van der Waals surface area contributed by atoms with E-state index in [4.69, 9.17) is 9.47 Å². The van der Waals surface area contributed by atoms with Crippen molar-refractivity contribution in [2.75, 3.05) is 14.2 Å². The van der Waals surface area contributed by atoms with Gasteiger partial charge in [0.2, 0.25) is 0 Å². The number of ether oxygens (including phenoxy) is 2. The first-order valence-electron chi connectivity index (χ1n) is 6.71. The van der Waals surface area contributed by atoms with E-state index in [0.717, 1.165) is 12.2 Å². The van der Waals surface area contributed by atoms with Gasteiger partial charge >= 0.3 is 0 Å². The minimum Gasteiger partial charge on any atom is -0.497 e. The Morgan fingerprint density at radius 1 is 1.38 bits per heavy atom. The molecule has 1 aromatic heterocycles. The number of rotatable bonds is 6. The largest absolute Gasteiger partial charge is 0.497 e. The van der Waals surface area contributed by atoms with E-state index in [1.165, 1.54) is 7.11 Å². The number of benzene rings is 1. The van der Waals surface area contributed by atoms with Gasteiger partial charge in [-0.3, -0.25) is 4.79 Å². The Morgan fingerprint density at radius 2 is 2.19 bits per heavy atom. The van der Waals surface area contributed by atoms with Gasteiger partial charge < -0.3 is 19.8 Å². The maximum atomic E-state index is 12.5. The molecule has 0 aliphatic rings. The van der Waals surface area contributed by atoms with Gasteiger partial charge in [0.05, 0.1) is 25.8 Å². The molecule has 1 amide bonds. The van der Waals surface area contributed by atoms with Gasteiger partial charge in [0.15, 0.2) is 0 Å². The molecule has 0 radical (unpaired) electrons. The second kappa shape index (κ2) is 6.78. The number of methoxy groups -OCH3 is 2. The van der Waals surface area contributed by atoms with Crippen LogP contribution in [0.3, 0.4) is 0 Å².